The van der Waals surface area contributed by atoms with Gasteiger partial charge in [-0.2, -0.15) is 0 Å². The highest BCUT2D eigenvalue weighted by Gasteiger charge is 2.40. The van der Waals surface area contributed by atoms with E-state index in [0.29, 0.717) is 6.61 Å². The molecule has 0 amide bonds. The van der Waals surface area contributed by atoms with Crippen LogP contribution >= 0.6 is 0 Å². The van der Waals surface area contributed by atoms with Crippen LogP contribution in [0.3, 0.4) is 0 Å². The third-order valence-electron chi connectivity index (χ3n) is 3.58. The van der Waals surface area contributed by atoms with Crippen LogP contribution in [-0.2, 0) is 23.7 Å². The van der Waals surface area contributed by atoms with Crippen molar-refractivity contribution in [3.05, 3.63) is 47.7 Å². The van der Waals surface area contributed by atoms with Crippen LogP contribution in [0.4, 0.5) is 0 Å². The first-order chi connectivity index (χ1) is 9.79. The van der Waals surface area contributed by atoms with Crippen molar-refractivity contribution in [2.24, 2.45) is 5.92 Å². The van der Waals surface area contributed by atoms with E-state index in [2.05, 4.69) is 0 Å². The average Bonchev–Trinajstić information content (AvgIpc) is 2.54. The molecule has 3 atom stereocenters. The van der Waals surface area contributed by atoms with Crippen LogP contribution < -0.4 is 0 Å². The molecule has 20 heavy (non-hydrogen) atoms. The van der Waals surface area contributed by atoms with E-state index in [1.807, 2.05) is 30.3 Å². The Morgan fingerprint density at radius 3 is 2.85 bits per heavy atom. The van der Waals surface area contributed by atoms with Gasteiger partial charge < -0.3 is 18.9 Å². The molecule has 0 saturated carbocycles. The summed E-state index contributed by atoms with van der Waals surface area (Å²) in [6.07, 6.45) is 1.31. The number of methoxy groups -OCH3 is 1. The van der Waals surface area contributed by atoms with Gasteiger partial charge in [0.2, 0.25) is 12.0 Å². The first-order valence-corrected chi connectivity index (χ1v) is 6.50. The van der Waals surface area contributed by atoms with Crippen LogP contribution in [0.2, 0.25) is 0 Å². The van der Waals surface area contributed by atoms with E-state index in [9.17, 15) is 4.79 Å². The fraction of sp³-hybridized carbons (Fsp3) is 0.400. The molecule has 1 saturated heterocycles. The van der Waals surface area contributed by atoms with Crippen LogP contribution in [0.25, 0.3) is 0 Å². The molecule has 0 spiro atoms. The number of benzene rings is 1. The largest absolute Gasteiger partial charge is 0.463 e. The van der Waals surface area contributed by atoms with Crippen LogP contribution in [0.15, 0.2) is 42.2 Å². The van der Waals surface area contributed by atoms with E-state index < -0.39 is 12.3 Å². The van der Waals surface area contributed by atoms with E-state index >= 15 is 0 Å². The molecule has 0 radical (unpaired) electrons. The number of esters is 1. The van der Waals surface area contributed by atoms with Gasteiger partial charge in [-0.3, -0.25) is 0 Å². The Labute approximate surface area is 117 Å². The molecule has 2 heterocycles. The van der Waals surface area contributed by atoms with Gasteiger partial charge in [-0.15, -0.1) is 0 Å². The Morgan fingerprint density at radius 2 is 2.10 bits per heavy atom. The SMILES string of the molecule is COC(=O)C1=C[C@H](c2ccccc2)[C@@H]2COCO[C@@H]2O1. The third kappa shape index (κ3) is 2.42. The average molecular weight is 276 g/mol. The zero-order valence-corrected chi connectivity index (χ0v) is 11.2. The second-order valence-corrected chi connectivity index (χ2v) is 4.76. The standard InChI is InChI=1S/C15H16O5/c1-17-14(16)13-7-11(10-5-3-2-4-6-10)12-8-18-9-19-15(12)20-13/h2-7,11-12,15H,8-9H2,1H3/t11-,12+,15-/m1/s1. The lowest BCUT2D eigenvalue weighted by atomic mass is 9.83. The van der Waals surface area contributed by atoms with Crippen molar-refractivity contribution in [2.75, 3.05) is 20.5 Å². The third-order valence-corrected chi connectivity index (χ3v) is 3.58. The number of rotatable bonds is 2. The topological polar surface area (TPSA) is 54.0 Å². The van der Waals surface area contributed by atoms with Crippen molar-refractivity contribution in [3.8, 4) is 0 Å². The Bertz CT molecular complexity index is 510. The minimum atomic E-state index is -0.487. The molecule has 0 unspecified atom stereocenters. The van der Waals surface area contributed by atoms with Gasteiger partial charge in [0.15, 0.2) is 6.79 Å². The summed E-state index contributed by atoms with van der Waals surface area (Å²) in [5, 5.41) is 0. The molecule has 1 fully saturated rings. The summed E-state index contributed by atoms with van der Waals surface area (Å²) < 4.78 is 21.1. The van der Waals surface area contributed by atoms with Crippen molar-refractivity contribution in [1.29, 1.82) is 0 Å². The number of carbonyl (C=O) groups is 1. The normalized spacial score (nSPS) is 28.9. The predicted molar refractivity (Wildman–Crippen MR) is 69.5 cm³/mol. The van der Waals surface area contributed by atoms with E-state index in [4.69, 9.17) is 18.9 Å². The molecule has 3 rings (SSSR count). The number of fused-ring (bicyclic) bond motifs is 1. The quantitative estimate of drug-likeness (QED) is 0.771. The van der Waals surface area contributed by atoms with Crippen molar-refractivity contribution in [3.63, 3.8) is 0 Å². The molecule has 5 nitrogen and oxygen atoms in total. The maximum Gasteiger partial charge on any atom is 0.373 e. The van der Waals surface area contributed by atoms with E-state index in [0.717, 1.165) is 5.56 Å². The highest BCUT2D eigenvalue weighted by molar-refractivity contribution is 5.86. The maximum absolute atomic E-state index is 11.7. The summed E-state index contributed by atoms with van der Waals surface area (Å²) in [5.74, 6) is -0.257. The van der Waals surface area contributed by atoms with Gasteiger partial charge in [-0.05, 0) is 11.6 Å². The summed E-state index contributed by atoms with van der Waals surface area (Å²) in [7, 11) is 1.33. The molecule has 2 aliphatic heterocycles. The van der Waals surface area contributed by atoms with Crippen LogP contribution in [0, 0.1) is 5.92 Å². The molecule has 0 bridgehead atoms. The number of carbonyl (C=O) groups excluding carboxylic acids is 1. The molecule has 1 aromatic rings. The first kappa shape index (κ1) is 13.1. The second kappa shape index (κ2) is 5.64. The molecule has 2 aliphatic rings. The summed E-state index contributed by atoms with van der Waals surface area (Å²) in [6, 6.07) is 9.94. The van der Waals surface area contributed by atoms with Crippen molar-refractivity contribution < 1.29 is 23.7 Å². The van der Waals surface area contributed by atoms with Gasteiger partial charge in [-0.25, -0.2) is 4.79 Å². The Hall–Kier alpha value is -1.85. The van der Waals surface area contributed by atoms with Crippen molar-refractivity contribution in [1.82, 2.24) is 0 Å². The van der Waals surface area contributed by atoms with Crippen LogP contribution in [0.1, 0.15) is 11.5 Å². The van der Waals surface area contributed by atoms with Gasteiger partial charge in [0, 0.05) is 5.92 Å². The molecule has 0 N–H and O–H groups in total. The number of hydrogen-bond acceptors (Lipinski definition) is 5. The van der Waals surface area contributed by atoms with Crippen molar-refractivity contribution in [2.45, 2.75) is 12.2 Å². The van der Waals surface area contributed by atoms with E-state index in [1.54, 1.807) is 6.08 Å². The minimum Gasteiger partial charge on any atom is -0.463 e. The lowest BCUT2D eigenvalue weighted by molar-refractivity contribution is -0.260. The summed E-state index contributed by atoms with van der Waals surface area (Å²) in [4.78, 5) is 11.7. The number of ether oxygens (including phenoxy) is 4. The van der Waals surface area contributed by atoms with Gasteiger partial charge in [0.25, 0.3) is 0 Å². The highest BCUT2D eigenvalue weighted by Crippen LogP contribution is 2.38. The number of hydrogen-bond donors (Lipinski definition) is 0. The molecular formula is C15H16O5. The molecular weight excluding hydrogens is 260 g/mol. The fourth-order valence-corrected chi connectivity index (χ4v) is 2.58. The van der Waals surface area contributed by atoms with Crippen LogP contribution in [0.5, 0.6) is 0 Å². The molecule has 106 valence electrons. The fourth-order valence-electron chi connectivity index (χ4n) is 2.58. The molecule has 0 aromatic heterocycles. The van der Waals surface area contributed by atoms with Gasteiger partial charge >= 0.3 is 5.97 Å². The number of allylic oxidation sites excluding steroid dienone is 1. The van der Waals surface area contributed by atoms with Crippen molar-refractivity contribution >= 4 is 5.97 Å². The van der Waals surface area contributed by atoms with Gasteiger partial charge in [0.05, 0.1) is 19.6 Å². The zero-order valence-electron chi connectivity index (χ0n) is 11.2. The summed E-state index contributed by atoms with van der Waals surface area (Å²) in [5.41, 5.74) is 1.10. The van der Waals surface area contributed by atoms with Crippen LogP contribution in [-0.4, -0.2) is 32.8 Å². The monoisotopic (exact) mass is 276 g/mol. The Kier molecular flexibility index (Phi) is 3.71. The van der Waals surface area contributed by atoms with Gasteiger partial charge in [0.1, 0.15) is 0 Å². The zero-order chi connectivity index (χ0) is 13.9. The molecule has 0 aliphatic carbocycles. The lowest BCUT2D eigenvalue weighted by Gasteiger charge is -2.39. The van der Waals surface area contributed by atoms with E-state index in [-0.39, 0.29) is 24.4 Å². The summed E-state index contributed by atoms with van der Waals surface area (Å²) in [6.45, 7) is 0.715. The maximum atomic E-state index is 11.7. The Balaban J connectivity index is 1.96. The van der Waals surface area contributed by atoms with Gasteiger partial charge in [-0.1, -0.05) is 30.3 Å². The molecule has 5 heteroatoms. The van der Waals surface area contributed by atoms with E-state index in [1.165, 1.54) is 7.11 Å². The summed E-state index contributed by atoms with van der Waals surface area (Å²) >= 11 is 0. The minimum absolute atomic E-state index is 0.00403. The highest BCUT2D eigenvalue weighted by atomic mass is 16.8. The first-order valence-electron chi connectivity index (χ1n) is 6.50. The smallest absolute Gasteiger partial charge is 0.373 e. The Morgan fingerprint density at radius 1 is 1.30 bits per heavy atom. The second-order valence-electron chi connectivity index (χ2n) is 4.76. The predicted octanol–water partition coefficient (Wildman–Crippen LogP) is 1.80. The lowest BCUT2D eigenvalue weighted by Crippen LogP contribution is -2.42. The molecule has 1 aromatic carbocycles.